The fourth-order valence-electron chi connectivity index (χ4n) is 1.60. The Morgan fingerprint density at radius 3 is 2.52 bits per heavy atom. The first-order valence-corrected chi connectivity index (χ1v) is 7.32. The minimum atomic E-state index is -0.865. The van der Waals surface area contributed by atoms with Gasteiger partial charge in [0.25, 0.3) is 5.09 Å². The van der Waals surface area contributed by atoms with Crippen LogP contribution in [0.3, 0.4) is 0 Å². The molecule has 1 atom stereocenters. The number of β-amino-alcohol motifs (C(OH)–C–C–N with tert-alkyl or cyclic N) is 1. The summed E-state index contributed by atoms with van der Waals surface area (Å²) in [5.74, 6) is 1.06. The molecule has 0 amide bonds. The Morgan fingerprint density at radius 2 is 1.91 bits per heavy atom. The Morgan fingerprint density at radius 1 is 1.26 bits per heavy atom. The van der Waals surface area contributed by atoms with Crippen molar-refractivity contribution < 1.29 is 24.5 Å². The van der Waals surface area contributed by atoms with Gasteiger partial charge < -0.3 is 24.7 Å². The van der Waals surface area contributed by atoms with Gasteiger partial charge in [-0.15, -0.1) is 10.1 Å². The van der Waals surface area contributed by atoms with Gasteiger partial charge in [0.2, 0.25) is 0 Å². The zero-order valence-corrected chi connectivity index (χ0v) is 13.7. The first-order chi connectivity index (χ1) is 10.8. The summed E-state index contributed by atoms with van der Waals surface area (Å²) < 4.78 is 10.8. The number of aliphatic hydroxyl groups excluding tert-OH is 1. The van der Waals surface area contributed by atoms with E-state index < -0.39 is 11.2 Å². The fraction of sp³-hybridized carbons (Fsp3) is 0.600. The Balaban J connectivity index is 2.34. The van der Waals surface area contributed by atoms with Gasteiger partial charge in [-0.25, -0.2) is 0 Å². The molecule has 0 saturated heterocycles. The molecule has 0 fully saturated rings. The van der Waals surface area contributed by atoms with Crippen LogP contribution < -0.4 is 14.8 Å². The lowest BCUT2D eigenvalue weighted by Gasteiger charge is -2.23. The van der Waals surface area contributed by atoms with Gasteiger partial charge in [-0.2, -0.15) is 0 Å². The molecule has 0 aliphatic heterocycles. The Bertz CT molecular complexity index is 489. The Labute approximate surface area is 135 Å². The van der Waals surface area contributed by atoms with Gasteiger partial charge in [0.1, 0.15) is 37.4 Å². The van der Waals surface area contributed by atoms with Crippen LogP contribution in [0.4, 0.5) is 0 Å². The summed E-state index contributed by atoms with van der Waals surface area (Å²) in [7, 11) is 0. The first-order valence-electron chi connectivity index (χ1n) is 7.32. The van der Waals surface area contributed by atoms with Crippen molar-refractivity contribution in [1.29, 1.82) is 0 Å². The van der Waals surface area contributed by atoms with Crippen molar-refractivity contribution in [3.63, 3.8) is 0 Å². The van der Waals surface area contributed by atoms with E-state index in [-0.39, 0.29) is 25.4 Å². The first kappa shape index (κ1) is 19.0. The number of hydrogen-bond acceptors (Lipinski definition) is 7. The third kappa shape index (κ3) is 9.54. The third-order valence-electron chi connectivity index (χ3n) is 2.66. The van der Waals surface area contributed by atoms with Crippen molar-refractivity contribution in [2.24, 2.45) is 0 Å². The molecule has 0 spiro atoms. The van der Waals surface area contributed by atoms with Crippen LogP contribution in [0.1, 0.15) is 20.8 Å². The number of ether oxygens (including phenoxy) is 2. The molecule has 1 aromatic carbocycles. The Hall–Kier alpha value is -2.06. The second-order valence-electron chi connectivity index (χ2n) is 5.98. The summed E-state index contributed by atoms with van der Waals surface area (Å²) >= 11 is 0. The van der Waals surface area contributed by atoms with Crippen molar-refractivity contribution in [2.75, 3.05) is 26.4 Å². The molecule has 1 rings (SSSR count). The second kappa shape index (κ2) is 9.16. The quantitative estimate of drug-likeness (QED) is 0.380. The van der Waals surface area contributed by atoms with Gasteiger partial charge in [0.15, 0.2) is 0 Å². The molecule has 0 aliphatic rings. The van der Waals surface area contributed by atoms with Gasteiger partial charge in [-0.1, -0.05) is 6.07 Å². The molecule has 0 radical (unpaired) electrons. The van der Waals surface area contributed by atoms with Crippen LogP contribution in [0, 0.1) is 10.1 Å². The second-order valence-corrected chi connectivity index (χ2v) is 5.98. The van der Waals surface area contributed by atoms with Gasteiger partial charge in [0.05, 0.1) is 0 Å². The van der Waals surface area contributed by atoms with E-state index in [9.17, 15) is 15.2 Å². The van der Waals surface area contributed by atoms with Crippen molar-refractivity contribution in [2.45, 2.75) is 32.4 Å². The molecule has 0 bridgehead atoms. The predicted molar refractivity (Wildman–Crippen MR) is 84.1 cm³/mol. The lowest BCUT2D eigenvalue weighted by molar-refractivity contribution is -0.757. The Kier molecular flexibility index (Phi) is 7.56. The van der Waals surface area contributed by atoms with E-state index in [1.165, 1.54) is 0 Å². The van der Waals surface area contributed by atoms with E-state index >= 15 is 0 Å². The van der Waals surface area contributed by atoms with Crippen LogP contribution in [0.5, 0.6) is 11.5 Å². The smallest absolute Gasteiger partial charge is 0.294 e. The van der Waals surface area contributed by atoms with E-state index in [2.05, 4.69) is 10.2 Å². The topological polar surface area (TPSA) is 103 Å². The van der Waals surface area contributed by atoms with Gasteiger partial charge in [-0.3, -0.25) is 0 Å². The van der Waals surface area contributed by atoms with E-state index in [1.807, 2.05) is 20.8 Å². The van der Waals surface area contributed by atoms with E-state index in [0.717, 1.165) is 0 Å². The SMILES string of the molecule is CC(C)(C)NCC(O)COc1cccc(OCCO[N+](=O)[O-])c1. The van der Waals surface area contributed by atoms with Gasteiger partial charge in [-0.05, 0) is 32.9 Å². The highest BCUT2D eigenvalue weighted by atomic mass is 17.0. The number of nitrogens with zero attached hydrogens (tertiary/aromatic N) is 1. The molecular weight excluding hydrogens is 304 g/mol. The molecule has 130 valence electrons. The zero-order chi connectivity index (χ0) is 17.3. The van der Waals surface area contributed by atoms with Crippen LogP contribution in [0.25, 0.3) is 0 Å². The fourth-order valence-corrected chi connectivity index (χ4v) is 1.60. The lowest BCUT2D eigenvalue weighted by Crippen LogP contribution is -2.42. The largest absolute Gasteiger partial charge is 0.491 e. The van der Waals surface area contributed by atoms with Crippen LogP contribution in [0.2, 0.25) is 0 Å². The summed E-state index contributed by atoms with van der Waals surface area (Å²) in [6.07, 6.45) is -0.632. The molecule has 2 N–H and O–H groups in total. The summed E-state index contributed by atoms with van der Waals surface area (Å²) in [5, 5.41) is 22.2. The molecule has 0 heterocycles. The van der Waals surface area contributed by atoms with Crippen molar-refractivity contribution in [3.05, 3.63) is 34.4 Å². The number of rotatable bonds is 10. The summed E-state index contributed by atoms with van der Waals surface area (Å²) in [4.78, 5) is 14.2. The van der Waals surface area contributed by atoms with Crippen LogP contribution in [-0.4, -0.2) is 48.2 Å². The maximum Gasteiger partial charge on any atom is 0.294 e. The standard InChI is InChI=1S/C15H24N2O6/c1-15(2,3)16-10-12(18)11-22-14-6-4-5-13(9-14)21-7-8-23-17(19)20/h4-6,9,12,16,18H,7-8,10-11H2,1-3H3. The number of benzene rings is 1. The summed E-state index contributed by atoms with van der Waals surface area (Å²) in [6.45, 7) is 6.55. The highest BCUT2D eigenvalue weighted by Crippen LogP contribution is 2.19. The normalized spacial score (nSPS) is 12.5. The number of hydrogen-bond donors (Lipinski definition) is 2. The highest BCUT2D eigenvalue weighted by Gasteiger charge is 2.12. The van der Waals surface area contributed by atoms with Crippen molar-refractivity contribution >= 4 is 0 Å². The van der Waals surface area contributed by atoms with Crippen LogP contribution in [0.15, 0.2) is 24.3 Å². The monoisotopic (exact) mass is 328 g/mol. The molecule has 8 nitrogen and oxygen atoms in total. The average molecular weight is 328 g/mol. The van der Waals surface area contributed by atoms with Gasteiger partial charge >= 0.3 is 0 Å². The maximum absolute atomic E-state index is 10.0. The van der Waals surface area contributed by atoms with E-state index in [0.29, 0.717) is 18.0 Å². The minimum absolute atomic E-state index is 0.0581. The molecule has 0 aliphatic carbocycles. The molecule has 1 unspecified atom stereocenters. The molecule has 1 aromatic rings. The summed E-state index contributed by atoms with van der Waals surface area (Å²) in [5.41, 5.74) is -0.0689. The van der Waals surface area contributed by atoms with Gasteiger partial charge in [0, 0.05) is 18.2 Å². The van der Waals surface area contributed by atoms with Crippen LogP contribution in [-0.2, 0) is 4.84 Å². The van der Waals surface area contributed by atoms with E-state index in [1.54, 1.807) is 24.3 Å². The van der Waals surface area contributed by atoms with Crippen molar-refractivity contribution in [1.82, 2.24) is 5.32 Å². The maximum atomic E-state index is 10.0. The summed E-state index contributed by atoms with van der Waals surface area (Å²) in [6, 6.07) is 6.83. The molecule has 8 heteroatoms. The minimum Gasteiger partial charge on any atom is -0.491 e. The van der Waals surface area contributed by atoms with E-state index in [4.69, 9.17) is 9.47 Å². The van der Waals surface area contributed by atoms with Crippen molar-refractivity contribution in [3.8, 4) is 11.5 Å². The number of aliphatic hydroxyl groups is 1. The predicted octanol–water partition coefficient (Wildman–Crippen LogP) is 1.40. The number of nitrogens with one attached hydrogen (secondary N) is 1. The molecule has 23 heavy (non-hydrogen) atoms. The molecule has 0 aromatic heterocycles. The third-order valence-corrected chi connectivity index (χ3v) is 2.66. The average Bonchev–Trinajstić information content (AvgIpc) is 2.47. The lowest BCUT2D eigenvalue weighted by atomic mass is 10.1. The zero-order valence-electron chi connectivity index (χ0n) is 13.7. The molecule has 0 saturated carbocycles. The molecular formula is C15H24N2O6. The highest BCUT2D eigenvalue weighted by molar-refractivity contribution is 5.32. The van der Waals surface area contributed by atoms with Crippen LogP contribution >= 0.6 is 0 Å².